The second kappa shape index (κ2) is 11.9. The number of amides is 3. The molecule has 3 saturated heterocycles. The molecule has 3 amide bonds. The molecule has 3 heterocycles. The Bertz CT molecular complexity index is 1510. The van der Waals surface area contributed by atoms with Gasteiger partial charge in [-0.25, -0.2) is 9.59 Å². The van der Waals surface area contributed by atoms with E-state index in [0.717, 1.165) is 16.7 Å². The third kappa shape index (κ3) is 5.86. The number of hydrogen-bond acceptors (Lipinski definition) is 10. The highest BCUT2D eigenvalue weighted by Gasteiger charge is 2.57. The molecule has 0 saturated carbocycles. The molecule has 0 aliphatic carbocycles. The molecule has 0 bridgehead atoms. The van der Waals surface area contributed by atoms with Crippen LogP contribution in [0.25, 0.3) is 12.2 Å². The molecular weight excluding hydrogens is 588 g/mol. The van der Waals surface area contributed by atoms with E-state index in [0.29, 0.717) is 39.3 Å². The summed E-state index contributed by atoms with van der Waals surface area (Å²) in [5, 5.41) is 19.3. The number of methoxy groups -OCH3 is 2. The second-order valence-electron chi connectivity index (χ2n) is 9.28. The summed E-state index contributed by atoms with van der Waals surface area (Å²) in [6.07, 6.45) is 1.38. The maximum atomic E-state index is 13.5. The smallest absolute Gasteiger partial charge is 0.327 e. The SMILES string of the molecule is COc1ccc(/C=C2\SC(=O)N([C@H](C[C@H](C(=O)O)N3C(=O)/C(=C/c4ccc(OC)cc4)SC4OC43)C(=O)O)C2=O)cc1. The van der Waals surface area contributed by atoms with Gasteiger partial charge in [0, 0.05) is 6.42 Å². The molecule has 12 nitrogen and oxygen atoms in total. The Balaban J connectivity index is 1.39. The van der Waals surface area contributed by atoms with Crippen molar-refractivity contribution in [1.29, 1.82) is 0 Å². The molecule has 42 heavy (non-hydrogen) atoms. The highest BCUT2D eigenvalue weighted by molar-refractivity contribution is 8.18. The van der Waals surface area contributed by atoms with Gasteiger partial charge in [-0.3, -0.25) is 24.2 Å². The zero-order chi connectivity index (χ0) is 30.1. The normalized spacial score (nSPS) is 23.1. The highest BCUT2D eigenvalue weighted by atomic mass is 32.2. The lowest BCUT2D eigenvalue weighted by atomic mass is 10.0. The van der Waals surface area contributed by atoms with E-state index in [2.05, 4.69) is 0 Å². The zero-order valence-electron chi connectivity index (χ0n) is 22.2. The Hall–Kier alpha value is -4.27. The molecule has 2 aromatic rings. The summed E-state index contributed by atoms with van der Waals surface area (Å²) in [6.45, 7) is 0. The van der Waals surface area contributed by atoms with E-state index in [1.165, 1.54) is 20.3 Å². The Morgan fingerprint density at radius 1 is 0.857 bits per heavy atom. The predicted molar refractivity (Wildman–Crippen MR) is 152 cm³/mol. The Kier molecular flexibility index (Phi) is 8.29. The molecular formula is C28H24N2O10S2. The van der Waals surface area contributed by atoms with Crippen molar-refractivity contribution in [2.75, 3.05) is 14.2 Å². The summed E-state index contributed by atoms with van der Waals surface area (Å²) in [5.74, 6) is -3.43. The van der Waals surface area contributed by atoms with Gasteiger partial charge in [0.15, 0.2) is 11.7 Å². The van der Waals surface area contributed by atoms with Crippen molar-refractivity contribution in [2.24, 2.45) is 0 Å². The maximum absolute atomic E-state index is 13.5. The molecule has 2 N–H and O–H groups in total. The van der Waals surface area contributed by atoms with Crippen LogP contribution in [-0.2, 0) is 23.9 Å². The number of thioether (sulfide) groups is 2. The minimum Gasteiger partial charge on any atom is -0.497 e. The van der Waals surface area contributed by atoms with Gasteiger partial charge in [-0.05, 0) is 59.3 Å². The standard InChI is InChI=1S/C28H24N2O10S2/c1-38-16-7-3-14(4-8-16)11-20-22(31)29(24-27(40-24)41-20)18(25(33)34)13-19(26(35)36)30-23(32)21(42-28(30)37)12-15-5-9-17(39-2)10-6-15/h3-12,18-19,24,27H,13H2,1-2H3,(H,33,34)(H,35,36)/b20-11-,21-12-/t18-,19-,24?,27?/m1/s1. The molecule has 0 radical (unpaired) electrons. The van der Waals surface area contributed by atoms with Crippen molar-refractivity contribution in [1.82, 2.24) is 9.80 Å². The Morgan fingerprint density at radius 2 is 1.38 bits per heavy atom. The van der Waals surface area contributed by atoms with E-state index >= 15 is 0 Å². The van der Waals surface area contributed by atoms with E-state index in [1.807, 2.05) is 0 Å². The number of rotatable bonds is 10. The number of carbonyl (C=O) groups is 5. The van der Waals surface area contributed by atoms with Gasteiger partial charge in [-0.1, -0.05) is 36.0 Å². The van der Waals surface area contributed by atoms with Crippen LogP contribution >= 0.6 is 23.5 Å². The van der Waals surface area contributed by atoms with Gasteiger partial charge in [-0.15, -0.1) is 0 Å². The average molecular weight is 613 g/mol. The van der Waals surface area contributed by atoms with Crippen molar-refractivity contribution in [3.63, 3.8) is 0 Å². The fraction of sp³-hybridized carbons (Fsp3) is 0.250. The first-order chi connectivity index (χ1) is 20.1. The largest absolute Gasteiger partial charge is 0.497 e. The third-order valence-electron chi connectivity index (χ3n) is 6.71. The number of nitrogens with zero attached hydrogens (tertiary/aromatic N) is 2. The van der Waals surface area contributed by atoms with Gasteiger partial charge < -0.3 is 24.4 Å². The molecule has 5 rings (SSSR count). The summed E-state index contributed by atoms with van der Waals surface area (Å²) in [4.78, 5) is 66.0. The molecule has 3 aliphatic heterocycles. The number of epoxide rings is 1. The molecule has 3 aliphatic rings. The van der Waals surface area contributed by atoms with Crippen LogP contribution in [0.1, 0.15) is 17.5 Å². The minimum atomic E-state index is -1.85. The van der Waals surface area contributed by atoms with Gasteiger partial charge in [0.25, 0.3) is 17.1 Å². The second-order valence-corrected chi connectivity index (χ2v) is 11.4. The first-order valence-electron chi connectivity index (χ1n) is 12.5. The van der Waals surface area contributed by atoms with Crippen molar-refractivity contribution in [3.05, 3.63) is 69.5 Å². The number of aliphatic carboxylic acids is 2. The van der Waals surface area contributed by atoms with Gasteiger partial charge in [0.1, 0.15) is 23.6 Å². The van der Waals surface area contributed by atoms with Crippen LogP contribution in [-0.4, -0.2) is 87.0 Å². The van der Waals surface area contributed by atoms with Crippen molar-refractivity contribution >= 4 is 64.7 Å². The van der Waals surface area contributed by atoms with Crippen molar-refractivity contribution in [3.8, 4) is 11.5 Å². The molecule has 2 aromatic carbocycles. The van der Waals surface area contributed by atoms with Crippen LogP contribution in [0.5, 0.6) is 11.5 Å². The summed E-state index contributed by atoms with van der Waals surface area (Å²) in [7, 11) is 3.02. The summed E-state index contributed by atoms with van der Waals surface area (Å²) < 4.78 is 15.8. The molecule has 0 aromatic heterocycles. The van der Waals surface area contributed by atoms with E-state index in [-0.39, 0.29) is 9.81 Å². The summed E-state index contributed by atoms with van der Waals surface area (Å²) >= 11 is 1.68. The maximum Gasteiger partial charge on any atom is 0.327 e. The number of imide groups is 1. The van der Waals surface area contributed by atoms with E-state index in [9.17, 15) is 34.2 Å². The predicted octanol–water partition coefficient (Wildman–Crippen LogP) is 3.34. The van der Waals surface area contributed by atoms with Crippen LogP contribution in [0.3, 0.4) is 0 Å². The van der Waals surface area contributed by atoms with Gasteiger partial charge in [0.05, 0.1) is 24.0 Å². The number of hydrogen-bond donors (Lipinski definition) is 2. The fourth-order valence-electron chi connectivity index (χ4n) is 4.52. The topological polar surface area (TPSA) is 163 Å². The van der Waals surface area contributed by atoms with Gasteiger partial charge >= 0.3 is 11.9 Å². The van der Waals surface area contributed by atoms with Crippen LogP contribution in [0.2, 0.25) is 0 Å². The highest BCUT2D eigenvalue weighted by Crippen LogP contribution is 2.47. The summed E-state index contributed by atoms with van der Waals surface area (Å²) in [5.41, 5.74) is 0.686. The fourth-order valence-corrected chi connectivity index (χ4v) is 6.48. The van der Waals surface area contributed by atoms with Crippen LogP contribution in [0.4, 0.5) is 4.79 Å². The number of carboxylic acid groups (broad SMARTS) is 2. The summed E-state index contributed by atoms with van der Waals surface area (Å²) in [6, 6.07) is 9.93. The van der Waals surface area contributed by atoms with E-state index in [1.54, 1.807) is 54.6 Å². The first-order valence-corrected chi connectivity index (χ1v) is 14.2. The Labute approximate surface area is 247 Å². The van der Waals surface area contributed by atoms with Crippen molar-refractivity contribution < 1.29 is 48.4 Å². The van der Waals surface area contributed by atoms with Crippen LogP contribution in [0, 0.1) is 0 Å². The first kappa shape index (κ1) is 29.2. The van der Waals surface area contributed by atoms with Gasteiger partial charge in [0.2, 0.25) is 0 Å². The molecule has 14 heteroatoms. The van der Waals surface area contributed by atoms with Crippen LogP contribution in [0.15, 0.2) is 58.3 Å². The number of ether oxygens (including phenoxy) is 3. The lowest BCUT2D eigenvalue weighted by Gasteiger charge is -2.33. The number of carbonyl (C=O) groups excluding carboxylic acids is 3. The lowest BCUT2D eigenvalue weighted by molar-refractivity contribution is -0.154. The number of fused-ring (bicyclic) bond motifs is 1. The molecule has 4 atom stereocenters. The van der Waals surface area contributed by atoms with E-state index < -0.39 is 59.2 Å². The molecule has 3 fully saturated rings. The van der Waals surface area contributed by atoms with Crippen molar-refractivity contribution in [2.45, 2.75) is 30.2 Å². The van der Waals surface area contributed by atoms with E-state index in [4.69, 9.17) is 14.2 Å². The quantitative estimate of drug-likeness (QED) is 0.298. The van der Waals surface area contributed by atoms with Gasteiger partial charge in [-0.2, -0.15) is 0 Å². The number of carboxylic acids is 2. The minimum absolute atomic E-state index is 0.0240. The molecule has 218 valence electrons. The molecule has 2 unspecified atom stereocenters. The average Bonchev–Trinajstić information content (AvgIpc) is 3.69. The lowest BCUT2D eigenvalue weighted by Crippen LogP contribution is -2.54. The molecule has 0 spiro atoms. The van der Waals surface area contributed by atoms with Crippen LogP contribution < -0.4 is 9.47 Å². The number of benzene rings is 2. The monoisotopic (exact) mass is 612 g/mol. The Morgan fingerprint density at radius 3 is 1.88 bits per heavy atom. The zero-order valence-corrected chi connectivity index (χ0v) is 23.8. The third-order valence-corrected chi connectivity index (χ3v) is 8.71.